The summed E-state index contributed by atoms with van der Waals surface area (Å²) in [5.74, 6) is -1.11. The van der Waals surface area contributed by atoms with Gasteiger partial charge in [-0.25, -0.2) is 4.79 Å². The molecular weight excluding hydrogens is 234 g/mol. The van der Waals surface area contributed by atoms with Crippen molar-refractivity contribution in [3.05, 3.63) is 0 Å². The molecule has 1 aliphatic heterocycles. The molecule has 0 aromatic rings. The van der Waals surface area contributed by atoms with Gasteiger partial charge in [-0.1, -0.05) is 19.3 Å². The molecule has 1 aliphatic carbocycles. The number of carbonyl (C=O) groups is 2. The summed E-state index contributed by atoms with van der Waals surface area (Å²) in [6.45, 7) is 0.596. The van der Waals surface area contributed by atoms with E-state index >= 15 is 0 Å². The van der Waals surface area contributed by atoms with E-state index < -0.39 is 18.1 Å². The van der Waals surface area contributed by atoms with Crippen molar-refractivity contribution in [2.45, 2.75) is 57.1 Å². The van der Waals surface area contributed by atoms with Crippen LogP contribution in [0.25, 0.3) is 0 Å². The lowest BCUT2D eigenvalue weighted by Crippen LogP contribution is -2.49. The fourth-order valence-corrected chi connectivity index (χ4v) is 2.88. The molecular formula is C13H21NO4. The fraction of sp³-hybridized carbons (Fsp3) is 0.846. The molecule has 1 unspecified atom stereocenters. The van der Waals surface area contributed by atoms with Crippen molar-refractivity contribution in [2.24, 2.45) is 5.92 Å². The summed E-state index contributed by atoms with van der Waals surface area (Å²) in [5.41, 5.74) is 0. The average molecular weight is 255 g/mol. The van der Waals surface area contributed by atoms with Crippen LogP contribution >= 0.6 is 0 Å². The van der Waals surface area contributed by atoms with E-state index in [-0.39, 0.29) is 11.8 Å². The SMILES string of the molecule is O=C(O)C(NC(=O)[C@H]1CCCO1)C1CCCCC1. The molecule has 5 nitrogen and oxygen atoms in total. The Morgan fingerprint density at radius 1 is 1.11 bits per heavy atom. The largest absolute Gasteiger partial charge is 0.480 e. The van der Waals surface area contributed by atoms with Crippen LogP contribution in [0.4, 0.5) is 0 Å². The van der Waals surface area contributed by atoms with Gasteiger partial charge < -0.3 is 15.2 Å². The Bertz CT molecular complexity index is 306. The minimum Gasteiger partial charge on any atom is -0.480 e. The van der Waals surface area contributed by atoms with Crippen LogP contribution in [-0.4, -0.2) is 35.7 Å². The lowest BCUT2D eigenvalue weighted by atomic mass is 9.84. The average Bonchev–Trinajstić information content (AvgIpc) is 2.90. The Hall–Kier alpha value is -1.10. The van der Waals surface area contributed by atoms with Gasteiger partial charge in [-0.3, -0.25) is 4.79 Å². The van der Waals surface area contributed by atoms with Gasteiger partial charge in [0.2, 0.25) is 5.91 Å². The zero-order valence-electron chi connectivity index (χ0n) is 10.6. The van der Waals surface area contributed by atoms with Gasteiger partial charge in [0.1, 0.15) is 12.1 Å². The van der Waals surface area contributed by atoms with Crippen LogP contribution in [0.15, 0.2) is 0 Å². The van der Waals surface area contributed by atoms with Gasteiger partial charge in [0.15, 0.2) is 0 Å². The minimum absolute atomic E-state index is 0.0709. The van der Waals surface area contributed by atoms with Crippen LogP contribution in [0.3, 0.4) is 0 Å². The minimum atomic E-state index is -0.923. The molecule has 1 amide bonds. The summed E-state index contributed by atoms with van der Waals surface area (Å²) in [7, 11) is 0. The maximum absolute atomic E-state index is 11.9. The van der Waals surface area contributed by atoms with Crippen LogP contribution < -0.4 is 5.32 Å². The Labute approximate surface area is 107 Å². The van der Waals surface area contributed by atoms with Crippen molar-refractivity contribution in [2.75, 3.05) is 6.61 Å². The van der Waals surface area contributed by atoms with Crippen molar-refractivity contribution in [3.63, 3.8) is 0 Å². The van der Waals surface area contributed by atoms with Gasteiger partial charge in [0, 0.05) is 6.61 Å². The standard InChI is InChI=1S/C13H21NO4/c15-12(10-7-4-8-18-10)14-11(13(16)17)9-5-2-1-3-6-9/h9-11H,1-8H2,(H,14,15)(H,16,17)/t10-,11?/m1/s1. The third-order valence-corrected chi connectivity index (χ3v) is 3.91. The zero-order chi connectivity index (χ0) is 13.0. The highest BCUT2D eigenvalue weighted by molar-refractivity contribution is 5.86. The summed E-state index contributed by atoms with van der Waals surface area (Å²) in [4.78, 5) is 23.2. The smallest absolute Gasteiger partial charge is 0.326 e. The lowest BCUT2D eigenvalue weighted by Gasteiger charge is -2.28. The quantitative estimate of drug-likeness (QED) is 0.794. The Morgan fingerprint density at radius 2 is 1.83 bits per heavy atom. The number of nitrogens with one attached hydrogen (secondary N) is 1. The Morgan fingerprint density at radius 3 is 2.39 bits per heavy atom. The van der Waals surface area contributed by atoms with E-state index in [2.05, 4.69) is 5.32 Å². The van der Waals surface area contributed by atoms with Gasteiger partial charge in [-0.15, -0.1) is 0 Å². The first-order valence-corrected chi connectivity index (χ1v) is 6.83. The third-order valence-electron chi connectivity index (χ3n) is 3.91. The summed E-state index contributed by atoms with van der Waals surface area (Å²) in [5, 5.41) is 11.9. The Kier molecular flexibility index (Phi) is 4.58. The van der Waals surface area contributed by atoms with Crippen LogP contribution in [0.5, 0.6) is 0 Å². The highest BCUT2D eigenvalue weighted by Gasteiger charge is 2.33. The highest BCUT2D eigenvalue weighted by Crippen LogP contribution is 2.27. The van der Waals surface area contributed by atoms with Crippen LogP contribution in [0.1, 0.15) is 44.9 Å². The fourth-order valence-electron chi connectivity index (χ4n) is 2.88. The number of carboxylic acid groups (broad SMARTS) is 1. The number of amides is 1. The van der Waals surface area contributed by atoms with E-state index in [1.54, 1.807) is 0 Å². The Balaban J connectivity index is 1.92. The van der Waals surface area contributed by atoms with Crippen LogP contribution in [-0.2, 0) is 14.3 Å². The number of carboxylic acids is 1. The molecule has 0 bridgehead atoms. The first kappa shape index (κ1) is 13.3. The molecule has 2 rings (SSSR count). The summed E-state index contributed by atoms with van der Waals surface area (Å²) in [6.07, 6.45) is 6.19. The molecule has 5 heteroatoms. The van der Waals surface area contributed by atoms with E-state index in [1.165, 1.54) is 6.42 Å². The van der Waals surface area contributed by atoms with Gasteiger partial charge in [-0.2, -0.15) is 0 Å². The molecule has 1 saturated heterocycles. The predicted molar refractivity (Wildman–Crippen MR) is 65.1 cm³/mol. The van der Waals surface area contributed by atoms with Gasteiger partial charge in [-0.05, 0) is 31.6 Å². The predicted octanol–water partition coefficient (Wildman–Crippen LogP) is 1.32. The maximum atomic E-state index is 11.9. The van der Waals surface area contributed by atoms with Crippen molar-refractivity contribution >= 4 is 11.9 Å². The van der Waals surface area contributed by atoms with E-state index in [0.717, 1.165) is 32.1 Å². The third kappa shape index (κ3) is 3.22. The number of ether oxygens (including phenoxy) is 1. The number of rotatable bonds is 4. The van der Waals surface area contributed by atoms with E-state index in [1.807, 2.05) is 0 Å². The van der Waals surface area contributed by atoms with Gasteiger partial charge in [0.05, 0.1) is 0 Å². The van der Waals surface area contributed by atoms with Crippen LogP contribution in [0.2, 0.25) is 0 Å². The molecule has 2 N–H and O–H groups in total. The topological polar surface area (TPSA) is 75.6 Å². The molecule has 1 heterocycles. The summed E-state index contributed by atoms with van der Waals surface area (Å²) < 4.78 is 5.28. The van der Waals surface area contributed by atoms with Crippen molar-refractivity contribution in [1.29, 1.82) is 0 Å². The molecule has 2 atom stereocenters. The molecule has 2 fully saturated rings. The molecule has 0 aromatic heterocycles. The van der Waals surface area contributed by atoms with Crippen molar-refractivity contribution < 1.29 is 19.4 Å². The molecule has 0 spiro atoms. The first-order chi connectivity index (χ1) is 8.68. The second-order valence-electron chi connectivity index (χ2n) is 5.22. The number of aliphatic carboxylic acids is 1. The normalized spacial score (nSPS) is 26.8. The molecule has 2 aliphatic rings. The van der Waals surface area contributed by atoms with Crippen molar-refractivity contribution in [3.8, 4) is 0 Å². The second-order valence-corrected chi connectivity index (χ2v) is 5.22. The second kappa shape index (κ2) is 6.18. The maximum Gasteiger partial charge on any atom is 0.326 e. The molecule has 18 heavy (non-hydrogen) atoms. The zero-order valence-corrected chi connectivity index (χ0v) is 10.6. The van der Waals surface area contributed by atoms with E-state index in [4.69, 9.17) is 4.74 Å². The van der Waals surface area contributed by atoms with E-state index in [9.17, 15) is 14.7 Å². The van der Waals surface area contributed by atoms with Gasteiger partial charge in [0.25, 0.3) is 0 Å². The van der Waals surface area contributed by atoms with E-state index in [0.29, 0.717) is 13.0 Å². The lowest BCUT2D eigenvalue weighted by molar-refractivity contribution is -0.145. The van der Waals surface area contributed by atoms with Crippen molar-refractivity contribution in [1.82, 2.24) is 5.32 Å². The number of carbonyl (C=O) groups excluding carboxylic acids is 1. The summed E-state index contributed by atoms with van der Waals surface area (Å²) >= 11 is 0. The number of hydrogen-bond acceptors (Lipinski definition) is 3. The first-order valence-electron chi connectivity index (χ1n) is 6.83. The molecule has 0 radical (unpaired) electrons. The highest BCUT2D eigenvalue weighted by atomic mass is 16.5. The summed E-state index contributed by atoms with van der Waals surface area (Å²) in [6, 6.07) is -0.748. The molecule has 1 saturated carbocycles. The number of hydrogen-bond donors (Lipinski definition) is 2. The molecule has 102 valence electrons. The van der Waals surface area contributed by atoms with Crippen LogP contribution in [0, 0.1) is 5.92 Å². The monoisotopic (exact) mass is 255 g/mol. The molecule has 0 aromatic carbocycles. The van der Waals surface area contributed by atoms with Gasteiger partial charge >= 0.3 is 5.97 Å².